The number of carboxylic acid groups (broad SMARTS) is 1. The summed E-state index contributed by atoms with van der Waals surface area (Å²) < 4.78 is 10.4. The molecule has 0 fully saturated rings. The molecule has 0 aromatic heterocycles. The number of benzene rings is 1. The fourth-order valence-corrected chi connectivity index (χ4v) is 1.87. The summed E-state index contributed by atoms with van der Waals surface area (Å²) in [5.41, 5.74) is 6.79. The zero-order valence-electron chi connectivity index (χ0n) is 14.8. The summed E-state index contributed by atoms with van der Waals surface area (Å²) in [7, 11) is 0. The molecule has 0 aliphatic heterocycles. The number of carboxylic acids is 1. The van der Waals surface area contributed by atoms with Crippen molar-refractivity contribution in [1.29, 1.82) is 0 Å². The number of nitrogens with two attached hydrogens (primary N) is 1. The fourth-order valence-electron chi connectivity index (χ4n) is 1.87. The molecule has 138 valence electrons. The van der Waals surface area contributed by atoms with E-state index in [0.29, 0.717) is 25.5 Å². The molecule has 0 saturated carbocycles. The highest BCUT2D eigenvalue weighted by Crippen LogP contribution is 2.12. The number of hydrogen-bond donors (Lipinski definition) is 3. The van der Waals surface area contributed by atoms with Gasteiger partial charge < -0.3 is 25.4 Å². The Labute approximate surface area is 144 Å². The van der Waals surface area contributed by atoms with Gasteiger partial charge in [-0.1, -0.05) is 37.8 Å². The Morgan fingerprint density at radius 2 is 1.75 bits per heavy atom. The fraction of sp³-hybridized carbons (Fsp3) is 0.611. The van der Waals surface area contributed by atoms with Gasteiger partial charge in [-0.05, 0) is 25.5 Å². The molecule has 24 heavy (non-hydrogen) atoms. The standard InChI is InChI=1S/C10H22O3.C8H9NO2/c1-2-3-4-5-7-12-9-10-13-8-6-11;1-5-2-3-7(9)6(4-5)8(10)11/h11H,2-10H2,1H3;2-4H,9H2,1H3,(H,10,11). The maximum absolute atomic E-state index is 10.5. The number of aliphatic hydroxyl groups is 1. The summed E-state index contributed by atoms with van der Waals surface area (Å²) >= 11 is 0. The normalized spacial score (nSPS) is 10.1. The number of unbranched alkanes of at least 4 members (excludes halogenated alkanes) is 3. The topological polar surface area (TPSA) is 102 Å². The minimum absolute atomic E-state index is 0.0938. The SMILES string of the molecule is CCCCCCOCCOCCO.Cc1ccc(N)c(C(=O)O)c1. The second-order valence-electron chi connectivity index (χ2n) is 5.40. The maximum Gasteiger partial charge on any atom is 0.337 e. The molecule has 1 aromatic rings. The van der Waals surface area contributed by atoms with Crippen molar-refractivity contribution >= 4 is 11.7 Å². The van der Waals surface area contributed by atoms with Gasteiger partial charge in [0.15, 0.2) is 0 Å². The van der Waals surface area contributed by atoms with Gasteiger partial charge in [0.1, 0.15) is 0 Å². The van der Waals surface area contributed by atoms with Gasteiger partial charge in [-0.15, -0.1) is 0 Å². The molecule has 0 unspecified atom stereocenters. The van der Waals surface area contributed by atoms with Crippen molar-refractivity contribution in [1.82, 2.24) is 0 Å². The van der Waals surface area contributed by atoms with Crippen LogP contribution in [0.3, 0.4) is 0 Å². The molecule has 6 nitrogen and oxygen atoms in total. The Morgan fingerprint density at radius 3 is 2.29 bits per heavy atom. The van der Waals surface area contributed by atoms with Gasteiger partial charge in [-0.2, -0.15) is 0 Å². The summed E-state index contributed by atoms with van der Waals surface area (Å²) in [6, 6.07) is 4.93. The molecular weight excluding hydrogens is 310 g/mol. The molecule has 0 bridgehead atoms. The molecule has 0 saturated heterocycles. The number of aromatic carboxylic acids is 1. The highest BCUT2D eigenvalue weighted by molar-refractivity contribution is 5.93. The van der Waals surface area contributed by atoms with Crippen molar-refractivity contribution in [3.8, 4) is 0 Å². The summed E-state index contributed by atoms with van der Waals surface area (Å²) in [5.74, 6) is -0.980. The minimum atomic E-state index is -0.980. The predicted molar refractivity (Wildman–Crippen MR) is 95.4 cm³/mol. The lowest BCUT2D eigenvalue weighted by atomic mass is 10.1. The van der Waals surface area contributed by atoms with Crippen LogP contribution in [0.15, 0.2) is 18.2 Å². The van der Waals surface area contributed by atoms with Gasteiger partial charge in [0, 0.05) is 12.3 Å². The van der Waals surface area contributed by atoms with E-state index >= 15 is 0 Å². The summed E-state index contributed by atoms with van der Waals surface area (Å²) in [6.07, 6.45) is 4.96. The van der Waals surface area contributed by atoms with Crippen LogP contribution in [-0.2, 0) is 9.47 Å². The summed E-state index contributed by atoms with van der Waals surface area (Å²) in [5, 5.41) is 17.0. The van der Waals surface area contributed by atoms with E-state index in [0.717, 1.165) is 18.6 Å². The van der Waals surface area contributed by atoms with E-state index in [-0.39, 0.29) is 12.2 Å². The number of aryl methyl sites for hydroxylation is 1. The number of aliphatic hydroxyl groups excluding tert-OH is 1. The average Bonchev–Trinajstić information content (AvgIpc) is 2.56. The molecule has 0 aliphatic rings. The number of anilines is 1. The molecule has 1 aromatic carbocycles. The van der Waals surface area contributed by atoms with Gasteiger partial charge in [0.25, 0.3) is 0 Å². The monoisotopic (exact) mass is 341 g/mol. The largest absolute Gasteiger partial charge is 0.478 e. The zero-order valence-corrected chi connectivity index (χ0v) is 14.8. The van der Waals surface area contributed by atoms with Crippen LogP contribution >= 0.6 is 0 Å². The van der Waals surface area contributed by atoms with Crippen LogP contribution in [0.2, 0.25) is 0 Å². The van der Waals surface area contributed by atoms with E-state index in [1.54, 1.807) is 18.2 Å². The molecular formula is C18H31NO5. The number of nitrogen functional groups attached to an aromatic ring is 1. The van der Waals surface area contributed by atoms with E-state index in [1.165, 1.54) is 19.3 Å². The van der Waals surface area contributed by atoms with Gasteiger partial charge >= 0.3 is 5.97 Å². The van der Waals surface area contributed by atoms with Crippen molar-refractivity contribution in [2.45, 2.75) is 39.5 Å². The van der Waals surface area contributed by atoms with Gasteiger partial charge in [-0.25, -0.2) is 4.79 Å². The predicted octanol–water partition coefficient (Wildman–Crippen LogP) is 2.87. The average molecular weight is 341 g/mol. The lowest BCUT2D eigenvalue weighted by molar-refractivity contribution is 0.0321. The van der Waals surface area contributed by atoms with Crippen LogP contribution in [0, 0.1) is 6.92 Å². The number of rotatable bonds is 11. The molecule has 0 radical (unpaired) electrons. The molecule has 4 N–H and O–H groups in total. The highest BCUT2D eigenvalue weighted by atomic mass is 16.5. The van der Waals surface area contributed by atoms with Crippen LogP contribution in [-0.4, -0.2) is 49.2 Å². The molecule has 0 aliphatic carbocycles. The number of ether oxygens (including phenoxy) is 2. The highest BCUT2D eigenvalue weighted by Gasteiger charge is 2.06. The van der Waals surface area contributed by atoms with Crippen LogP contribution in [0.25, 0.3) is 0 Å². The Bertz CT molecular complexity index is 441. The number of hydrogen-bond acceptors (Lipinski definition) is 5. The Kier molecular flexibility index (Phi) is 13.9. The van der Waals surface area contributed by atoms with E-state index in [2.05, 4.69) is 6.92 Å². The zero-order chi connectivity index (χ0) is 18.2. The van der Waals surface area contributed by atoms with Crippen molar-refractivity contribution in [3.05, 3.63) is 29.3 Å². The smallest absolute Gasteiger partial charge is 0.337 e. The first-order valence-electron chi connectivity index (χ1n) is 8.38. The maximum atomic E-state index is 10.5. The van der Waals surface area contributed by atoms with E-state index in [4.69, 9.17) is 25.4 Å². The van der Waals surface area contributed by atoms with Gasteiger partial charge in [-0.3, -0.25) is 0 Å². The lowest BCUT2D eigenvalue weighted by Crippen LogP contribution is -2.07. The molecule has 6 heteroatoms. The van der Waals surface area contributed by atoms with Crippen LogP contribution in [0.5, 0.6) is 0 Å². The van der Waals surface area contributed by atoms with Crippen LogP contribution in [0.1, 0.15) is 48.5 Å². The molecule has 1 rings (SSSR count). The molecule has 0 spiro atoms. The first-order chi connectivity index (χ1) is 11.5. The first kappa shape index (κ1) is 22.4. The molecule has 0 heterocycles. The van der Waals surface area contributed by atoms with Crippen molar-refractivity contribution in [3.63, 3.8) is 0 Å². The Morgan fingerprint density at radius 1 is 1.08 bits per heavy atom. The van der Waals surface area contributed by atoms with Crippen molar-refractivity contribution in [2.75, 3.05) is 38.8 Å². The van der Waals surface area contributed by atoms with E-state index < -0.39 is 5.97 Å². The number of carbonyl (C=O) groups is 1. The second kappa shape index (κ2) is 14.9. The molecule has 0 amide bonds. The van der Waals surface area contributed by atoms with Gasteiger partial charge in [0.05, 0.1) is 32.0 Å². The van der Waals surface area contributed by atoms with Crippen LogP contribution < -0.4 is 5.73 Å². The summed E-state index contributed by atoms with van der Waals surface area (Å²) in [6.45, 7) is 6.61. The molecule has 0 atom stereocenters. The third kappa shape index (κ3) is 11.9. The quantitative estimate of drug-likeness (QED) is 0.422. The van der Waals surface area contributed by atoms with Gasteiger partial charge in [0.2, 0.25) is 0 Å². The lowest BCUT2D eigenvalue weighted by Gasteiger charge is -2.04. The van der Waals surface area contributed by atoms with E-state index in [9.17, 15) is 4.79 Å². The Balaban J connectivity index is 0.000000446. The summed E-state index contributed by atoms with van der Waals surface area (Å²) in [4.78, 5) is 10.5. The van der Waals surface area contributed by atoms with Crippen molar-refractivity contribution in [2.24, 2.45) is 0 Å². The van der Waals surface area contributed by atoms with E-state index in [1.807, 2.05) is 6.92 Å². The third-order valence-electron chi connectivity index (χ3n) is 3.19. The van der Waals surface area contributed by atoms with Crippen LogP contribution in [0.4, 0.5) is 5.69 Å². The second-order valence-corrected chi connectivity index (χ2v) is 5.40. The Hall–Kier alpha value is -1.63. The van der Waals surface area contributed by atoms with Crippen molar-refractivity contribution < 1.29 is 24.5 Å². The minimum Gasteiger partial charge on any atom is -0.478 e. The third-order valence-corrected chi connectivity index (χ3v) is 3.19. The first-order valence-corrected chi connectivity index (χ1v) is 8.38.